The van der Waals surface area contributed by atoms with Gasteiger partial charge in [0.1, 0.15) is 0 Å². The van der Waals surface area contributed by atoms with Gasteiger partial charge in [0.25, 0.3) is 0 Å². The van der Waals surface area contributed by atoms with E-state index in [1.165, 1.54) is 0 Å². The van der Waals surface area contributed by atoms with Crippen molar-refractivity contribution in [2.45, 2.75) is 12.5 Å². The molecule has 52 valence electrons. The van der Waals surface area contributed by atoms with E-state index < -0.39 is 0 Å². The van der Waals surface area contributed by atoms with Gasteiger partial charge in [-0.25, -0.2) is 0 Å². The van der Waals surface area contributed by atoms with Gasteiger partial charge in [0, 0.05) is 11.3 Å². The third-order valence-electron chi connectivity index (χ3n) is 1.25. The normalized spacial score (nSPS) is 12.4. The zero-order valence-electron chi connectivity index (χ0n) is 5.58. The molecule has 1 aromatic rings. The van der Waals surface area contributed by atoms with Crippen LogP contribution in [0.25, 0.3) is 0 Å². The summed E-state index contributed by atoms with van der Waals surface area (Å²) in [6.07, 6.45) is 5.74. The minimum atomic E-state index is 0.0324. The van der Waals surface area contributed by atoms with E-state index in [2.05, 4.69) is 5.92 Å². The minimum absolute atomic E-state index is 0.0324. The lowest BCUT2D eigenvalue weighted by atomic mass is 10.2. The first-order valence-electron chi connectivity index (χ1n) is 3.07. The van der Waals surface area contributed by atoms with Crippen LogP contribution in [0.15, 0.2) is 17.5 Å². The fraction of sp³-hybridized carbons (Fsp3) is 0.250. The van der Waals surface area contributed by atoms with Gasteiger partial charge < -0.3 is 5.73 Å². The molecule has 1 nitrogen and oxygen atoms in total. The molecular weight excluding hydrogens is 142 g/mol. The van der Waals surface area contributed by atoms with Crippen LogP contribution >= 0.6 is 11.3 Å². The summed E-state index contributed by atoms with van der Waals surface area (Å²) >= 11 is 1.65. The summed E-state index contributed by atoms with van der Waals surface area (Å²) < 4.78 is 0. The van der Waals surface area contributed by atoms with Crippen LogP contribution in [0.1, 0.15) is 17.3 Å². The highest BCUT2D eigenvalue weighted by molar-refractivity contribution is 7.10. The number of hydrogen-bond acceptors (Lipinski definition) is 2. The number of nitrogens with two attached hydrogens (primary N) is 1. The zero-order valence-corrected chi connectivity index (χ0v) is 6.40. The highest BCUT2D eigenvalue weighted by Gasteiger charge is 2.02. The molecule has 2 N–H and O–H groups in total. The van der Waals surface area contributed by atoms with Gasteiger partial charge in [-0.05, 0) is 11.4 Å². The highest BCUT2D eigenvalue weighted by atomic mass is 32.1. The van der Waals surface area contributed by atoms with E-state index in [0.29, 0.717) is 6.42 Å². The molecule has 0 aliphatic rings. The Labute approximate surface area is 64.9 Å². The first-order chi connectivity index (χ1) is 4.84. The van der Waals surface area contributed by atoms with E-state index in [4.69, 9.17) is 12.2 Å². The van der Waals surface area contributed by atoms with E-state index in [1.54, 1.807) is 11.3 Å². The Morgan fingerprint density at radius 2 is 2.60 bits per heavy atom. The van der Waals surface area contributed by atoms with E-state index in [0.717, 1.165) is 4.88 Å². The van der Waals surface area contributed by atoms with Crippen molar-refractivity contribution in [1.82, 2.24) is 0 Å². The molecule has 0 saturated carbocycles. The summed E-state index contributed by atoms with van der Waals surface area (Å²) in [4.78, 5) is 1.16. The molecule has 0 aliphatic carbocycles. The monoisotopic (exact) mass is 151 g/mol. The van der Waals surface area contributed by atoms with Crippen molar-refractivity contribution >= 4 is 11.3 Å². The van der Waals surface area contributed by atoms with Crippen molar-refractivity contribution in [3.8, 4) is 12.3 Å². The van der Waals surface area contributed by atoms with Gasteiger partial charge in [0.05, 0.1) is 6.04 Å². The third-order valence-corrected chi connectivity index (χ3v) is 2.25. The van der Waals surface area contributed by atoms with Crippen LogP contribution in [-0.2, 0) is 0 Å². The fourth-order valence-electron chi connectivity index (χ4n) is 0.730. The Kier molecular flexibility index (Phi) is 2.49. The number of hydrogen-bond donors (Lipinski definition) is 1. The Hall–Kier alpha value is -0.780. The second-order valence-corrected chi connectivity index (χ2v) is 3.01. The predicted molar refractivity (Wildman–Crippen MR) is 44.7 cm³/mol. The SMILES string of the molecule is C#CC[C@@H](N)c1cccs1. The molecule has 1 rings (SSSR count). The van der Waals surface area contributed by atoms with Crippen LogP contribution in [0.5, 0.6) is 0 Å². The molecule has 0 radical (unpaired) electrons. The van der Waals surface area contributed by atoms with E-state index in [-0.39, 0.29) is 6.04 Å². The largest absolute Gasteiger partial charge is 0.322 e. The second-order valence-electron chi connectivity index (χ2n) is 2.03. The number of thiophene rings is 1. The number of rotatable bonds is 2. The van der Waals surface area contributed by atoms with Crippen molar-refractivity contribution in [1.29, 1.82) is 0 Å². The zero-order chi connectivity index (χ0) is 7.40. The van der Waals surface area contributed by atoms with Crippen LogP contribution in [0.4, 0.5) is 0 Å². The lowest BCUT2D eigenvalue weighted by Gasteiger charge is -2.02. The predicted octanol–water partition coefficient (Wildman–Crippen LogP) is 1.77. The van der Waals surface area contributed by atoms with Crippen LogP contribution in [0.2, 0.25) is 0 Å². The maximum atomic E-state index is 5.72. The van der Waals surface area contributed by atoms with Gasteiger partial charge in [-0.15, -0.1) is 23.7 Å². The van der Waals surface area contributed by atoms with Crippen molar-refractivity contribution < 1.29 is 0 Å². The first-order valence-corrected chi connectivity index (χ1v) is 3.95. The van der Waals surface area contributed by atoms with E-state index >= 15 is 0 Å². The average molecular weight is 151 g/mol. The van der Waals surface area contributed by atoms with Crippen LogP contribution in [0.3, 0.4) is 0 Å². The lowest BCUT2D eigenvalue weighted by molar-refractivity contribution is 0.771. The lowest BCUT2D eigenvalue weighted by Crippen LogP contribution is -2.06. The summed E-state index contributed by atoms with van der Waals surface area (Å²) in [6, 6.07) is 4.02. The Morgan fingerprint density at radius 3 is 3.10 bits per heavy atom. The average Bonchev–Trinajstić information content (AvgIpc) is 2.38. The molecule has 1 atom stereocenters. The molecule has 10 heavy (non-hydrogen) atoms. The van der Waals surface area contributed by atoms with Crippen molar-refractivity contribution in [3.05, 3.63) is 22.4 Å². The van der Waals surface area contributed by atoms with Gasteiger partial charge in [-0.3, -0.25) is 0 Å². The van der Waals surface area contributed by atoms with E-state index in [9.17, 15) is 0 Å². The Bertz CT molecular complexity index is 220. The second kappa shape index (κ2) is 3.40. The van der Waals surface area contributed by atoms with Gasteiger partial charge >= 0.3 is 0 Å². The highest BCUT2D eigenvalue weighted by Crippen LogP contribution is 2.18. The summed E-state index contributed by atoms with van der Waals surface area (Å²) in [5, 5.41) is 2.01. The number of terminal acetylenes is 1. The molecule has 0 bridgehead atoms. The molecule has 0 saturated heterocycles. The van der Waals surface area contributed by atoms with Crippen LogP contribution < -0.4 is 5.73 Å². The van der Waals surface area contributed by atoms with Crippen molar-refractivity contribution in [2.24, 2.45) is 5.73 Å². The Morgan fingerprint density at radius 1 is 1.80 bits per heavy atom. The van der Waals surface area contributed by atoms with Gasteiger partial charge in [-0.2, -0.15) is 0 Å². The smallest absolute Gasteiger partial charge is 0.0500 e. The summed E-state index contributed by atoms with van der Waals surface area (Å²) in [6.45, 7) is 0. The van der Waals surface area contributed by atoms with Gasteiger partial charge in [0.2, 0.25) is 0 Å². The summed E-state index contributed by atoms with van der Waals surface area (Å²) in [5.41, 5.74) is 5.72. The molecule has 0 unspecified atom stereocenters. The molecule has 0 fully saturated rings. The van der Waals surface area contributed by atoms with Gasteiger partial charge in [0.15, 0.2) is 0 Å². The van der Waals surface area contributed by atoms with Gasteiger partial charge in [-0.1, -0.05) is 6.07 Å². The topological polar surface area (TPSA) is 26.0 Å². The molecule has 0 amide bonds. The van der Waals surface area contributed by atoms with E-state index in [1.807, 2.05) is 17.5 Å². The van der Waals surface area contributed by atoms with Crippen molar-refractivity contribution in [3.63, 3.8) is 0 Å². The standard InChI is InChI=1S/C8H9NS/c1-2-4-7(9)8-5-3-6-10-8/h1,3,5-7H,4,9H2/t7-/m1/s1. The molecule has 1 aromatic heterocycles. The van der Waals surface area contributed by atoms with Crippen LogP contribution in [-0.4, -0.2) is 0 Å². The molecule has 1 heterocycles. The Balaban J connectivity index is 2.61. The molecule has 0 aliphatic heterocycles. The van der Waals surface area contributed by atoms with Crippen molar-refractivity contribution in [2.75, 3.05) is 0 Å². The first kappa shape index (κ1) is 7.33. The third kappa shape index (κ3) is 1.60. The van der Waals surface area contributed by atoms with Crippen LogP contribution in [0, 0.1) is 12.3 Å². The maximum Gasteiger partial charge on any atom is 0.0500 e. The summed E-state index contributed by atoms with van der Waals surface area (Å²) in [5.74, 6) is 2.54. The fourth-order valence-corrected chi connectivity index (χ4v) is 1.46. The quantitative estimate of drug-likeness (QED) is 0.640. The molecular formula is C8H9NS. The molecule has 0 aromatic carbocycles. The summed E-state index contributed by atoms with van der Waals surface area (Å²) in [7, 11) is 0. The minimum Gasteiger partial charge on any atom is -0.322 e. The molecule has 0 spiro atoms. The molecule has 2 heteroatoms. The maximum absolute atomic E-state index is 5.72.